The van der Waals surface area contributed by atoms with Gasteiger partial charge >= 0.3 is 0 Å². The van der Waals surface area contributed by atoms with Crippen molar-refractivity contribution in [2.24, 2.45) is 5.92 Å². The first-order valence-electron chi connectivity index (χ1n) is 6.76. The number of hydrogen-bond donors (Lipinski definition) is 0. The van der Waals surface area contributed by atoms with Crippen molar-refractivity contribution in [3.05, 3.63) is 35.9 Å². The van der Waals surface area contributed by atoms with Crippen LogP contribution in [0.3, 0.4) is 0 Å². The minimum absolute atomic E-state index is 0.155. The van der Waals surface area contributed by atoms with E-state index in [1.54, 1.807) is 0 Å². The Balaban J connectivity index is 1.95. The van der Waals surface area contributed by atoms with Gasteiger partial charge in [-0.05, 0) is 18.5 Å². The Morgan fingerprint density at radius 1 is 1.47 bits per heavy atom. The summed E-state index contributed by atoms with van der Waals surface area (Å²) in [5.41, 5.74) is 1.15. The van der Waals surface area contributed by atoms with Gasteiger partial charge in [0.15, 0.2) is 0 Å². The molecule has 0 amide bonds. The summed E-state index contributed by atoms with van der Waals surface area (Å²) in [6, 6.07) is 9.91. The number of nitrogens with zero attached hydrogens (tertiary/aromatic N) is 1. The molecular weight excluding hydrogens is 186 g/mol. The van der Waals surface area contributed by atoms with Crippen molar-refractivity contribution in [2.45, 2.75) is 19.8 Å². The van der Waals surface area contributed by atoms with Crippen molar-refractivity contribution in [2.75, 3.05) is 13.1 Å². The van der Waals surface area contributed by atoms with Crippen LogP contribution in [0.2, 0.25) is 0 Å². The Hall–Kier alpha value is -1.15. The van der Waals surface area contributed by atoms with Crippen molar-refractivity contribution in [1.82, 2.24) is 4.90 Å². The van der Waals surface area contributed by atoms with E-state index in [2.05, 4.69) is 0 Å². The number of likely N-dealkylation sites (tertiary alicyclic amines) is 1. The maximum atomic E-state index is 11.8. The molecule has 0 aromatic heterocycles. The maximum absolute atomic E-state index is 11.8. The van der Waals surface area contributed by atoms with Crippen molar-refractivity contribution in [3.63, 3.8) is 0 Å². The van der Waals surface area contributed by atoms with Gasteiger partial charge in [-0.2, -0.15) is 0 Å². The van der Waals surface area contributed by atoms with E-state index >= 15 is 0 Å². The summed E-state index contributed by atoms with van der Waals surface area (Å²) in [4.78, 5) is 13.9. The van der Waals surface area contributed by atoms with Gasteiger partial charge in [-0.3, -0.25) is 9.69 Å². The summed E-state index contributed by atoms with van der Waals surface area (Å²) in [6.45, 7) is -0.516. The van der Waals surface area contributed by atoms with E-state index in [9.17, 15) is 4.79 Å². The lowest BCUT2D eigenvalue weighted by molar-refractivity contribution is -0.126. The van der Waals surface area contributed by atoms with Gasteiger partial charge in [-0.25, -0.2) is 0 Å². The second-order valence-electron chi connectivity index (χ2n) is 4.00. The molecular formula is C13H17NO. The van der Waals surface area contributed by atoms with E-state index in [-0.39, 0.29) is 12.3 Å². The first-order valence-corrected chi connectivity index (χ1v) is 5.26. The largest absolute Gasteiger partial charge is 0.298 e. The second-order valence-corrected chi connectivity index (χ2v) is 4.00. The highest BCUT2D eigenvalue weighted by Gasteiger charge is 2.22. The normalized spacial score (nSPS) is 26.8. The molecule has 0 aliphatic carbocycles. The van der Waals surface area contributed by atoms with E-state index in [4.69, 9.17) is 4.11 Å². The topological polar surface area (TPSA) is 20.3 Å². The summed E-state index contributed by atoms with van der Waals surface area (Å²) in [5.74, 6) is -0.929. The van der Waals surface area contributed by atoms with Crippen LogP contribution in [-0.2, 0) is 11.3 Å². The molecule has 1 aromatic carbocycles. The predicted octanol–water partition coefficient (Wildman–Crippen LogP) is 2.10. The van der Waals surface area contributed by atoms with E-state index in [0.29, 0.717) is 19.5 Å². The standard InChI is InChI=1S/C13H17NO/c1-11-7-8-14(10-13(11)15)9-12-5-3-2-4-6-12/h2-6,11H,7-10H2,1H3/i1D3. The number of Topliss-reactive ketones (excluding diaryl/α,β-unsaturated/α-hetero) is 1. The molecule has 0 spiro atoms. The molecule has 1 saturated heterocycles. The minimum atomic E-state index is -2.14. The summed E-state index contributed by atoms with van der Waals surface area (Å²) in [7, 11) is 0. The Bertz CT molecular complexity index is 416. The van der Waals surface area contributed by atoms with Crippen LogP contribution in [0.15, 0.2) is 30.3 Å². The summed E-state index contributed by atoms with van der Waals surface area (Å²) in [6.07, 6.45) is 0.433. The van der Waals surface area contributed by atoms with Gasteiger partial charge in [0.2, 0.25) is 0 Å². The van der Waals surface area contributed by atoms with E-state index in [1.807, 2.05) is 35.2 Å². The van der Waals surface area contributed by atoms with Crippen molar-refractivity contribution in [3.8, 4) is 0 Å². The summed E-state index contributed by atoms with van der Waals surface area (Å²) in [5, 5.41) is 0. The zero-order valence-electron chi connectivity index (χ0n) is 11.6. The second kappa shape index (κ2) is 4.58. The Kier molecular flexibility index (Phi) is 2.19. The molecule has 1 fully saturated rings. The Labute approximate surface area is 95.1 Å². The van der Waals surface area contributed by atoms with Crippen LogP contribution >= 0.6 is 0 Å². The molecule has 0 radical (unpaired) electrons. The van der Waals surface area contributed by atoms with Crippen LogP contribution in [0.25, 0.3) is 0 Å². The highest BCUT2D eigenvalue weighted by Crippen LogP contribution is 2.15. The summed E-state index contributed by atoms with van der Waals surface area (Å²) >= 11 is 0. The number of piperidine rings is 1. The molecule has 1 aliphatic rings. The monoisotopic (exact) mass is 206 g/mol. The van der Waals surface area contributed by atoms with Crippen LogP contribution in [-0.4, -0.2) is 23.8 Å². The predicted molar refractivity (Wildman–Crippen MR) is 60.5 cm³/mol. The maximum Gasteiger partial charge on any atom is 0.149 e. The third kappa shape index (κ3) is 2.66. The van der Waals surface area contributed by atoms with Crippen LogP contribution in [0.5, 0.6) is 0 Å². The SMILES string of the molecule is [2H]C([2H])([2H])C1CCN(Cc2ccccc2)CC1=O. The van der Waals surface area contributed by atoms with Crippen LogP contribution < -0.4 is 0 Å². The Morgan fingerprint density at radius 3 is 2.93 bits per heavy atom. The van der Waals surface area contributed by atoms with Crippen LogP contribution in [0.1, 0.15) is 22.9 Å². The number of ketones is 1. The first-order chi connectivity index (χ1) is 8.47. The number of rotatable bonds is 2. The molecule has 0 bridgehead atoms. The number of benzene rings is 1. The average Bonchev–Trinajstić information content (AvgIpc) is 2.28. The molecule has 2 heteroatoms. The van der Waals surface area contributed by atoms with Gasteiger partial charge in [-0.15, -0.1) is 0 Å². The molecule has 15 heavy (non-hydrogen) atoms. The highest BCUT2D eigenvalue weighted by atomic mass is 16.1. The molecule has 2 nitrogen and oxygen atoms in total. The molecule has 1 aromatic rings. The van der Waals surface area contributed by atoms with Gasteiger partial charge < -0.3 is 0 Å². The highest BCUT2D eigenvalue weighted by molar-refractivity contribution is 5.83. The molecule has 0 N–H and O–H groups in total. The minimum Gasteiger partial charge on any atom is -0.298 e. The van der Waals surface area contributed by atoms with Crippen LogP contribution in [0.4, 0.5) is 0 Å². The lowest BCUT2D eigenvalue weighted by Gasteiger charge is -2.29. The van der Waals surface area contributed by atoms with Gasteiger partial charge in [0, 0.05) is 16.6 Å². The van der Waals surface area contributed by atoms with Crippen molar-refractivity contribution in [1.29, 1.82) is 0 Å². The zero-order valence-corrected chi connectivity index (χ0v) is 8.65. The van der Waals surface area contributed by atoms with E-state index in [0.717, 1.165) is 5.56 Å². The third-order valence-corrected chi connectivity index (χ3v) is 2.75. The lowest BCUT2D eigenvalue weighted by atomic mass is 9.97. The van der Waals surface area contributed by atoms with Gasteiger partial charge in [-0.1, -0.05) is 37.2 Å². The molecule has 1 heterocycles. The fourth-order valence-electron chi connectivity index (χ4n) is 1.86. The molecule has 1 unspecified atom stereocenters. The smallest absolute Gasteiger partial charge is 0.149 e. The first kappa shape index (κ1) is 7.18. The molecule has 1 aliphatic heterocycles. The molecule has 1 atom stereocenters. The van der Waals surface area contributed by atoms with Crippen molar-refractivity contribution < 1.29 is 8.91 Å². The Morgan fingerprint density at radius 2 is 2.27 bits per heavy atom. The number of carbonyl (C=O) groups is 1. The molecule has 0 saturated carbocycles. The van der Waals surface area contributed by atoms with Crippen LogP contribution in [0, 0.1) is 5.92 Å². The number of hydrogen-bond acceptors (Lipinski definition) is 2. The third-order valence-electron chi connectivity index (χ3n) is 2.75. The van der Waals surface area contributed by atoms with E-state index in [1.165, 1.54) is 0 Å². The fraction of sp³-hybridized carbons (Fsp3) is 0.462. The van der Waals surface area contributed by atoms with E-state index < -0.39 is 12.8 Å². The summed E-state index contributed by atoms with van der Waals surface area (Å²) < 4.78 is 22.0. The lowest BCUT2D eigenvalue weighted by Crippen LogP contribution is -2.39. The average molecular weight is 206 g/mol. The van der Waals surface area contributed by atoms with Gasteiger partial charge in [0.1, 0.15) is 5.78 Å². The molecule has 80 valence electrons. The quantitative estimate of drug-likeness (QED) is 0.738. The molecule has 2 rings (SSSR count). The van der Waals surface area contributed by atoms with Gasteiger partial charge in [0.25, 0.3) is 0 Å². The van der Waals surface area contributed by atoms with Crippen molar-refractivity contribution >= 4 is 5.78 Å². The van der Waals surface area contributed by atoms with Gasteiger partial charge in [0.05, 0.1) is 6.54 Å². The fourth-order valence-corrected chi connectivity index (χ4v) is 1.86. The number of carbonyl (C=O) groups excluding carboxylic acids is 1. The zero-order chi connectivity index (χ0) is 13.2.